The maximum atomic E-state index is 12.6. The maximum Gasteiger partial charge on any atom is 0.224 e. The lowest BCUT2D eigenvalue weighted by atomic mass is 9.88. The third-order valence-corrected chi connectivity index (χ3v) is 6.57. The van der Waals surface area contributed by atoms with Crippen LogP contribution in [-0.4, -0.2) is 12.5 Å². The number of allylic oxidation sites excluding steroid dienone is 5. The lowest BCUT2D eigenvalue weighted by molar-refractivity contribution is -0.120. The highest BCUT2D eigenvalue weighted by atomic mass is 16.5. The Balaban J connectivity index is 1.59. The van der Waals surface area contributed by atoms with Gasteiger partial charge in [-0.3, -0.25) is 4.79 Å². The van der Waals surface area contributed by atoms with E-state index in [1.54, 1.807) is 0 Å². The van der Waals surface area contributed by atoms with Crippen LogP contribution in [0.2, 0.25) is 0 Å². The molecule has 0 spiro atoms. The molecule has 0 fully saturated rings. The summed E-state index contributed by atoms with van der Waals surface area (Å²) in [6.07, 6.45) is 16.3. The number of ether oxygens (including phenoxy) is 1. The van der Waals surface area contributed by atoms with E-state index in [-0.39, 0.29) is 5.91 Å². The average Bonchev–Trinajstić information content (AvgIpc) is 3.11. The second kappa shape index (κ2) is 13.6. The third-order valence-electron chi connectivity index (χ3n) is 6.57. The standard InChI is InChI=1S/C31H39NO2/c1-4-25(5-2)30-23-29(34-22-12-15-26-14-11-10-13-24(26)3)20-18-27(30)19-21-31(33)32-28-16-8-6-7-9-17-28/h6-8,10-11,13-14,16-18,20,23,25H,4-5,9,12,15,19,21-22H2,1-3H3,(H,32,33). The summed E-state index contributed by atoms with van der Waals surface area (Å²) in [5.74, 6) is 1.47. The van der Waals surface area contributed by atoms with Crippen molar-refractivity contribution < 1.29 is 9.53 Å². The Morgan fingerprint density at radius 2 is 1.85 bits per heavy atom. The summed E-state index contributed by atoms with van der Waals surface area (Å²) in [5, 5.41) is 3.04. The van der Waals surface area contributed by atoms with E-state index in [0.29, 0.717) is 18.9 Å². The van der Waals surface area contributed by atoms with Crippen LogP contribution in [-0.2, 0) is 17.6 Å². The van der Waals surface area contributed by atoms with Crippen molar-refractivity contribution in [1.82, 2.24) is 5.32 Å². The molecule has 2 aromatic carbocycles. The molecule has 3 nitrogen and oxygen atoms in total. The van der Waals surface area contributed by atoms with Gasteiger partial charge in [-0.1, -0.05) is 68.5 Å². The number of hydrogen-bond acceptors (Lipinski definition) is 2. The van der Waals surface area contributed by atoms with E-state index in [0.717, 1.165) is 50.0 Å². The van der Waals surface area contributed by atoms with E-state index < -0.39 is 0 Å². The first-order chi connectivity index (χ1) is 16.6. The molecule has 3 heteroatoms. The molecule has 1 amide bonds. The van der Waals surface area contributed by atoms with Crippen molar-refractivity contribution in [2.24, 2.45) is 0 Å². The highest BCUT2D eigenvalue weighted by Gasteiger charge is 2.15. The number of benzene rings is 2. The van der Waals surface area contributed by atoms with Crippen molar-refractivity contribution in [1.29, 1.82) is 0 Å². The zero-order valence-electron chi connectivity index (χ0n) is 21.0. The molecule has 34 heavy (non-hydrogen) atoms. The van der Waals surface area contributed by atoms with Gasteiger partial charge in [0, 0.05) is 12.1 Å². The third kappa shape index (κ3) is 7.76. The molecular formula is C31H39NO2. The summed E-state index contributed by atoms with van der Waals surface area (Å²) >= 11 is 0. The highest BCUT2D eigenvalue weighted by molar-refractivity contribution is 5.78. The topological polar surface area (TPSA) is 38.3 Å². The smallest absolute Gasteiger partial charge is 0.224 e. The first-order valence-electron chi connectivity index (χ1n) is 12.7. The number of amides is 1. The maximum absolute atomic E-state index is 12.6. The molecule has 0 unspecified atom stereocenters. The normalized spacial score (nSPS) is 13.0. The van der Waals surface area contributed by atoms with Gasteiger partial charge in [0.1, 0.15) is 5.75 Å². The van der Waals surface area contributed by atoms with Gasteiger partial charge < -0.3 is 10.1 Å². The number of rotatable bonds is 12. The van der Waals surface area contributed by atoms with Crippen LogP contribution in [0.25, 0.3) is 0 Å². The van der Waals surface area contributed by atoms with E-state index in [4.69, 9.17) is 4.74 Å². The van der Waals surface area contributed by atoms with Crippen molar-refractivity contribution in [3.05, 3.63) is 101 Å². The van der Waals surface area contributed by atoms with Crippen molar-refractivity contribution >= 4 is 5.91 Å². The van der Waals surface area contributed by atoms with Crippen molar-refractivity contribution in [3.63, 3.8) is 0 Å². The minimum absolute atomic E-state index is 0.0600. The molecule has 0 saturated carbocycles. The van der Waals surface area contributed by atoms with Gasteiger partial charge >= 0.3 is 0 Å². The first-order valence-corrected chi connectivity index (χ1v) is 12.7. The Morgan fingerprint density at radius 3 is 2.65 bits per heavy atom. The summed E-state index contributed by atoms with van der Waals surface area (Å²) in [7, 11) is 0. The average molecular weight is 458 g/mol. The summed E-state index contributed by atoms with van der Waals surface area (Å²) in [5.41, 5.74) is 6.19. The SMILES string of the molecule is CCC(CC)c1cc(OCCCc2ccccc2C)ccc1CCC(=O)NC1=CCC=CC=C1. The van der Waals surface area contributed by atoms with Gasteiger partial charge in [-0.05, 0) is 91.8 Å². The van der Waals surface area contributed by atoms with Crippen LogP contribution in [0.4, 0.5) is 0 Å². The Bertz CT molecular complexity index is 1030. The van der Waals surface area contributed by atoms with Crippen LogP contribution in [0.3, 0.4) is 0 Å². The number of hydrogen-bond donors (Lipinski definition) is 1. The zero-order chi connectivity index (χ0) is 24.2. The fourth-order valence-electron chi connectivity index (χ4n) is 4.49. The Morgan fingerprint density at radius 1 is 1.03 bits per heavy atom. The van der Waals surface area contributed by atoms with Gasteiger partial charge in [-0.25, -0.2) is 0 Å². The summed E-state index contributed by atoms with van der Waals surface area (Å²) in [6.45, 7) is 7.34. The van der Waals surface area contributed by atoms with Gasteiger partial charge in [0.25, 0.3) is 0 Å². The largest absolute Gasteiger partial charge is 0.494 e. The lowest BCUT2D eigenvalue weighted by Gasteiger charge is -2.19. The second-order valence-electron chi connectivity index (χ2n) is 8.98. The molecule has 1 N–H and O–H groups in total. The highest BCUT2D eigenvalue weighted by Crippen LogP contribution is 2.30. The van der Waals surface area contributed by atoms with Gasteiger partial charge in [0.05, 0.1) is 6.61 Å². The summed E-state index contributed by atoms with van der Waals surface area (Å²) in [6, 6.07) is 15.0. The quantitative estimate of drug-likeness (QED) is 0.338. The minimum atomic E-state index is 0.0600. The van der Waals surface area contributed by atoms with E-state index in [1.165, 1.54) is 22.3 Å². The lowest BCUT2D eigenvalue weighted by Crippen LogP contribution is -2.22. The molecule has 2 aromatic rings. The fraction of sp³-hybridized carbons (Fsp3) is 0.387. The van der Waals surface area contributed by atoms with Crippen LogP contribution >= 0.6 is 0 Å². The Kier molecular flexibility index (Phi) is 10.2. The van der Waals surface area contributed by atoms with Crippen molar-refractivity contribution in [3.8, 4) is 5.75 Å². The predicted molar refractivity (Wildman–Crippen MR) is 142 cm³/mol. The molecule has 0 saturated heterocycles. The van der Waals surface area contributed by atoms with Gasteiger partial charge in [-0.15, -0.1) is 0 Å². The van der Waals surface area contributed by atoms with E-state index in [2.05, 4.69) is 74.6 Å². The van der Waals surface area contributed by atoms with E-state index in [9.17, 15) is 4.79 Å². The fourth-order valence-corrected chi connectivity index (χ4v) is 4.49. The van der Waals surface area contributed by atoms with Crippen LogP contribution in [0.5, 0.6) is 5.75 Å². The molecule has 0 aromatic heterocycles. The number of aryl methyl sites for hydroxylation is 3. The van der Waals surface area contributed by atoms with Gasteiger partial charge in [0.2, 0.25) is 5.91 Å². The zero-order valence-corrected chi connectivity index (χ0v) is 21.0. The molecular weight excluding hydrogens is 418 g/mol. The molecule has 0 radical (unpaired) electrons. The predicted octanol–water partition coefficient (Wildman–Crippen LogP) is 7.36. The van der Waals surface area contributed by atoms with Crippen LogP contribution in [0.15, 0.2) is 78.5 Å². The number of carbonyl (C=O) groups excluding carboxylic acids is 1. The van der Waals surface area contributed by atoms with Crippen LogP contribution in [0, 0.1) is 6.92 Å². The molecule has 3 rings (SSSR count). The number of nitrogens with one attached hydrogen (secondary N) is 1. The molecule has 1 aliphatic rings. The van der Waals surface area contributed by atoms with Crippen LogP contribution < -0.4 is 10.1 Å². The van der Waals surface area contributed by atoms with Crippen molar-refractivity contribution in [2.75, 3.05) is 6.61 Å². The van der Waals surface area contributed by atoms with Gasteiger partial charge in [-0.2, -0.15) is 0 Å². The Hall–Kier alpha value is -3.07. The summed E-state index contributed by atoms with van der Waals surface area (Å²) < 4.78 is 6.14. The molecule has 1 aliphatic carbocycles. The number of carbonyl (C=O) groups is 1. The minimum Gasteiger partial charge on any atom is -0.494 e. The van der Waals surface area contributed by atoms with E-state index >= 15 is 0 Å². The molecule has 0 bridgehead atoms. The van der Waals surface area contributed by atoms with Crippen molar-refractivity contribution in [2.45, 2.75) is 71.6 Å². The molecule has 0 atom stereocenters. The van der Waals surface area contributed by atoms with Crippen LogP contribution in [0.1, 0.15) is 74.1 Å². The molecule has 0 aliphatic heterocycles. The molecule has 180 valence electrons. The monoisotopic (exact) mass is 457 g/mol. The first kappa shape index (κ1) is 25.6. The summed E-state index contributed by atoms with van der Waals surface area (Å²) in [4.78, 5) is 12.6. The van der Waals surface area contributed by atoms with E-state index in [1.807, 2.05) is 24.3 Å². The second-order valence-corrected chi connectivity index (χ2v) is 8.98. The molecule has 0 heterocycles. The van der Waals surface area contributed by atoms with Gasteiger partial charge in [0.15, 0.2) is 0 Å². The Labute approximate surface area is 205 Å².